The van der Waals surface area contributed by atoms with Crippen molar-refractivity contribution in [1.29, 1.82) is 0 Å². The second-order valence-corrected chi connectivity index (χ2v) is 6.64. The molecule has 0 saturated carbocycles. The number of carbonyl (C=O) groups is 1. The first kappa shape index (κ1) is 17.0. The molecule has 0 aromatic heterocycles. The summed E-state index contributed by atoms with van der Waals surface area (Å²) in [6, 6.07) is 34.1. The van der Waals surface area contributed by atoms with Gasteiger partial charge in [-0.05, 0) is 36.1 Å². The summed E-state index contributed by atoms with van der Waals surface area (Å²) < 4.78 is 0. The van der Waals surface area contributed by atoms with Gasteiger partial charge in [-0.3, -0.25) is 9.69 Å². The maximum Gasteiger partial charge on any atom is 0.238 e. The van der Waals surface area contributed by atoms with Crippen molar-refractivity contribution in [2.75, 3.05) is 4.90 Å². The maximum atomic E-state index is 13.6. The fraction of sp³-hybridized carbons (Fsp3) is 0.0800. The standard InChI is InChI=1S/C25H21NO/c1-19(20-11-4-2-5-12-20)25(27)26(22-15-6-3-7-16-22)24-18-10-14-21-13-8-9-17-23(21)24/h2-19H,1H3. The molecule has 0 fully saturated rings. The molecular weight excluding hydrogens is 330 g/mol. The topological polar surface area (TPSA) is 20.3 Å². The van der Waals surface area contributed by atoms with Gasteiger partial charge < -0.3 is 0 Å². The number of anilines is 2. The quantitative estimate of drug-likeness (QED) is 0.422. The molecule has 4 aromatic carbocycles. The smallest absolute Gasteiger partial charge is 0.238 e. The van der Waals surface area contributed by atoms with Gasteiger partial charge in [-0.15, -0.1) is 0 Å². The Morgan fingerprint density at radius 1 is 0.704 bits per heavy atom. The molecule has 0 N–H and O–H groups in total. The van der Waals surface area contributed by atoms with Crippen LogP contribution in [0.3, 0.4) is 0 Å². The highest BCUT2D eigenvalue weighted by Crippen LogP contribution is 2.35. The Morgan fingerprint density at radius 2 is 1.30 bits per heavy atom. The lowest BCUT2D eigenvalue weighted by atomic mass is 9.98. The largest absolute Gasteiger partial charge is 0.280 e. The lowest BCUT2D eigenvalue weighted by molar-refractivity contribution is -0.118. The molecule has 0 radical (unpaired) electrons. The van der Waals surface area contributed by atoms with Gasteiger partial charge in [0.1, 0.15) is 0 Å². The molecule has 2 heteroatoms. The molecule has 1 atom stereocenters. The van der Waals surface area contributed by atoms with E-state index in [9.17, 15) is 4.79 Å². The van der Waals surface area contributed by atoms with Gasteiger partial charge in [0.2, 0.25) is 5.91 Å². The fourth-order valence-electron chi connectivity index (χ4n) is 3.44. The van der Waals surface area contributed by atoms with E-state index < -0.39 is 0 Å². The van der Waals surface area contributed by atoms with Crippen molar-refractivity contribution in [3.63, 3.8) is 0 Å². The van der Waals surface area contributed by atoms with Crippen LogP contribution in [0.15, 0.2) is 103 Å². The molecule has 1 unspecified atom stereocenters. The van der Waals surface area contributed by atoms with Gasteiger partial charge in [-0.1, -0.05) is 84.9 Å². The zero-order valence-corrected chi connectivity index (χ0v) is 15.2. The molecular formula is C25H21NO. The van der Waals surface area contributed by atoms with Crippen LogP contribution in [0.4, 0.5) is 11.4 Å². The zero-order valence-electron chi connectivity index (χ0n) is 15.2. The summed E-state index contributed by atoms with van der Waals surface area (Å²) >= 11 is 0. The molecule has 2 nitrogen and oxygen atoms in total. The molecule has 0 aliphatic heterocycles. The number of nitrogens with zero attached hydrogens (tertiary/aromatic N) is 1. The number of benzene rings is 4. The molecule has 27 heavy (non-hydrogen) atoms. The Bertz CT molecular complexity index is 1050. The van der Waals surface area contributed by atoms with Crippen molar-refractivity contribution in [1.82, 2.24) is 0 Å². The molecule has 0 bridgehead atoms. The van der Waals surface area contributed by atoms with E-state index in [0.29, 0.717) is 0 Å². The van der Waals surface area contributed by atoms with Crippen LogP contribution in [0, 0.1) is 0 Å². The molecule has 4 rings (SSSR count). The fourth-order valence-corrected chi connectivity index (χ4v) is 3.44. The highest BCUT2D eigenvalue weighted by atomic mass is 16.2. The summed E-state index contributed by atoms with van der Waals surface area (Å²) in [6.45, 7) is 1.97. The zero-order chi connectivity index (χ0) is 18.6. The van der Waals surface area contributed by atoms with Crippen molar-refractivity contribution in [2.24, 2.45) is 0 Å². The second-order valence-electron chi connectivity index (χ2n) is 6.64. The lowest BCUT2D eigenvalue weighted by Gasteiger charge is -2.27. The molecule has 0 heterocycles. The molecule has 1 amide bonds. The van der Waals surface area contributed by atoms with E-state index in [4.69, 9.17) is 0 Å². The number of carbonyl (C=O) groups excluding carboxylic acids is 1. The maximum absolute atomic E-state index is 13.6. The Morgan fingerprint density at radius 3 is 2.04 bits per heavy atom. The first-order valence-corrected chi connectivity index (χ1v) is 9.17. The van der Waals surface area contributed by atoms with Crippen LogP contribution in [0.25, 0.3) is 10.8 Å². The summed E-state index contributed by atoms with van der Waals surface area (Å²) in [4.78, 5) is 15.5. The van der Waals surface area contributed by atoms with Crippen LogP contribution in [0.1, 0.15) is 18.4 Å². The molecule has 0 aliphatic rings. The Kier molecular flexibility index (Phi) is 4.71. The van der Waals surface area contributed by atoms with Crippen molar-refractivity contribution in [3.05, 3.63) is 109 Å². The highest BCUT2D eigenvalue weighted by Gasteiger charge is 2.25. The normalized spacial score (nSPS) is 11.9. The number of rotatable bonds is 4. The van der Waals surface area contributed by atoms with Gasteiger partial charge >= 0.3 is 0 Å². The van der Waals surface area contributed by atoms with E-state index in [1.54, 1.807) is 0 Å². The average Bonchev–Trinajstić information content (AvgIpc) is 2.75. The predicted molar refractivity (Wildman–Crippen MR) is 112 cm³/mol. The second kappa shape index (κ2) is 7.46. The molecule has 0 spiro atoms. The van der Waals surface area contributed by atoms with Crippen molar-refractivity contribution >= 4 is 28.1 Å². The van der Waals surface area contributed by atoms with E-state index in [-0.39, 0.29) is 11.8 Å². The highest BCUT2D eigenvalue weighted by molar-refractivity contribution is 6.10. The number of amides is 1. The predicted octanol–water partition coefficient (Wildman–Crippen LogP) is 6.31. The van der Waals surface area contributed by atoms with Gasteiger partial charge in [0.05, 0.1) is 11.6 Å². The summed E-state index contributed by atoms with van der Waals surface area (Å²) in [5, 5.41) is 2.19. The van der Waals surface area contributed by atoms with E-state index in [1.807, 2.05) is 96.8 Å². The summed E-state index contributed by atoms with van der Waals surface area (Å²) in [6.07, 6.45) is 0. The van der Waals surface area contributed by atoms with Crippen LogP contribution in [0.5, 0.6) is 0 Å². The molecule has 0 aliphatic carbocycles. The van der Waals surface area contributed by atoms with Crippen LogP contribution in [0.2, 0.25) is 0 Å². The molecule has 132 valence electrons. The van der Waals surface area contributed by atoms with Crippen LogP contribution in [-0.2, 0) is 4.79 Å². The third-order valence-corrected chi connectivity index (χ3v) is 4.91. The summed E-state index contributed by atoms with van der Waals surface area (Å²) in [7, 11) is 0. The van der Waals surface area contributed by atoms with Gasteiger partial charge in [-0.25, -0.2) is 0 Å². The summed E-state index contributed by atoms with van der Waals surface area (Å²) in [5.41, 5.74) is 2.80. The van der Waals surface area contributed by atoms with Crippen LogP contribution < -0.4 is 4.90 Å². The monoisotopic (exact) mass is 351 g/mol. The van der Waals surface area contributed by atoms with Crippen molar-refractivity contribution in [3.8, 4) is 0 Å². The van der Waals surface area contributed by atoms with Crippen LogP contribution in [-0.4, -0.2) is 5.91 Å². The Balaban J connectivity index is 1.86. The number of para-hydroxylation sites is 1. The van der Waals surface area contributed by atoms with E-state index in [2.05, 4.69) is 18.2 Å². The number of hydrogen-bond acceptors (Lipinski definition) is 1. The van der Waals surface area contributed by atoms with E-state index >= 15 is 0 Å². The molecule has 4 aromatic rings. The molecule has 0 saturated heterocycles. The van der Waals surface area contributed by atoms with Crippen molar-refractivity contribution in [2.45, 2.75) is 12.8 Å². The summed E-state index contributed by atoms with van der Waals surface area (Å²) in [5.74, 6) is -0.186. The average molecular weight is 351 g/mol. The van der Waals surface area contributed by atoms with Gasteiger partial charge in [-0.2, -0.15) is 0 Å². The van der Waals surface area contributed by atoms with E-state index in [1.165, 1.54) is 0 Å². The minimum absolute atomic E-state index is 0.0590. The first-order chi connectivity index (χ1) is 13.3. The third-order valence-electron chi connectivity index (χ3n) is 4.91. The Hall–Kier alpha value is -3.39. The van der Waals surface area contributed by atoms with Gasteiger partial charge in [0, 0.05) is 11.1 Å². The minimum atomic E-state index is -0.245. The minimum Gasteiger partial charge on any atom is -0.280 e. The van der Waals surface area contributed by atoms with Gasteiger partial charge in [0.15, 0.2) is 0 Å². The van der Waals surface area contributed by atoms with E-state index in [0.717, 1.165) is 27.7 Å². The number of hydrogen-bond donors (Lipinski definition) is 0. The Labute approximate surface area is 159 Å². The van der Waals surface area contributed by atoms with Crippen LogP contribution >= 0.6 is 0 Å². The number of fused-ring (bicyclic) bond motifs is 1. The third kappa shape index (κ3) is 3.34. The van der Waals surface area contributed by atoms with Gasteiger partial charge in [0.25, 0.3) is 0 Å². The SMILES string of the molecule is CC(C(=O)N(c1ccccc1)c1cccc2ccccc12)c1ccccc1. The lowest BCUT2D eigenvalue weighted by Crippen LogP contribution is -2.30. The first-order valence-electron chi connectivity index (χ1n) is 9.17. The van der Waals surface area contributed by atoms with Crippen molar-refractivity contribution < 1.29 is 4.79 Å².